The van der Waals surface area contributed by atoms with Gasteiger partial charge in [-0.2, -0.15) is 0 Å². The highest BCUT2D eigenvalue weighted by Gasteiger charge is 2.20. The van der Waals surface area contributed by atoms with Crippen molar-refractivity contribution in [2.24, 2.45) is 0 Å². The van der Waals surface area contributed by atoms with Crippen molar-refractivity contribution in [1.82, 2.24) is 10.3 Å². The van der Waals surface area contributed by atoms with Gasteiger partial charge in [0.1, 0.15) is 6.61 Å². The maximum atomic E-state index is 5.83. The van der Waals surface area contributed by atoms with E-state index in [9.17, 15) is 0 Å². The summed E-state index contributed by atoms with van der Waals surface area (Å²) in [5.74, 6) is 1.59. The summed E-state index contributed by atoms with van der Waals surface area (Å²) in [5, 5.41) is 5.51. The van der Waals surface area contributed by atoms with Gasteiger partial charge in [-0.15, -0.1) is 11.3 Å². The highest BCUT2D eigenvalue weighted by Crippen LogP contribution is 2.29. The third-order valence-corrected chi connectivity index (χ3v) is 3.97. The Balaban J connectivity index is 1.65. The SMILES string of the molecule is CCOc1cc(CNC2CC2)ccc1OCc1cscn1. The molecule has 1 aromatic carbocycles. The molecule has 1 saturated carbocycles. The number of thiazole rings is 1. The molecule has 0 saturated heterocycles. The van der Waals surface area contributed by atoms with Gasteiger partial charge >= 0.3 is 0 Å². The molecular formula is C16H20N2O2S. The molecule has 0 bridgehead atoms. The third-order valence-electron chi connectivity index (χ3n) is 3.34. The van der Waals surface area contributed by atoms with E-state index in [0.717, 1.165) is 23.7 Å². The van der Waals surface area contributed by atoms with Crippen molar-refractivity contribution >= 4 is 11.3 Å². The first-order chi connectivity index (χ1) is 10.3. The van der Waals surface area contributed by atoms with E-state index < -0.39 is 0 Å². The lowest BCUT2D eigenvalue weighted by Gasteiger charge is -2.13. The standard InChI is InChI=1S/C16H20N2O2S/c1-2-19-16-7-12(8-17-13-4-5-13)3-6-15(16)20-9-14-10-21-11-18-14/h3,6-7,10-11,13,17H,2,4-5,8-9H2,1H3. The molecular weight excluding hydrogens is 284 g/mol. The molecule has 1 aliphatic rings. The Morgan fingerprint density at radius 3 is 2.90 bits per heavy atom. The highest BCUT2D eigenvalue weighted by molar-refractivity contribution is 7.07. The van der Waals surface area contributed by atoms with Crippen LogP contribution >= 0.6 is 11.3 Å². The van der Waals surface area contributed by atoms with E-state index in [1.807, 2.05) is 23.9 Å². The number of aromatic nitrogens is 1. The zero-order valence-corrected chi connectivity index (χ0v) is 13.0. The van der Waals surface area contributed by atoms with Crippen LogP contribution in [0.25, 0.3) is 0 Å². The minimum Gasteiger partial charge on any atom is -0.490 e. The van der Waals surface area contributed by atoms with Crippen molar-refractivity contribution in [3.63, 3.8) is 0 Å². The Morgan fingerprint density at radius 1 is 1.29 bits per heavy atom. The maximum absolute atomic E-state index is 5.83. The first kappa shape index (κ1) is 14.4. The second-order valence-corrected chi connectivity index (χ2v) is 5.86. The largest absolute Gasteiger partial charge is 0.490 e. The smallest absolute Gasteiger partial charge is 0.161 e. The number of nitrogens with zero attached hydrogens (tertiary/aromatic N) is 1. The van der Waals surface area contributed by atoms with Gasteiger partial charge < -0.3 is 14.8 Å². The lowest BCUT2D eigenvalue weighted by Crippen LogP contribution is -2.15. The molecule has 21 heavy (non-hydrogen) atoms. The first-order valence-electron chi connectivity index (χ1n) is 7.34. The molecule has 1 heterocycles. The minimum atomic E-state index is 0.475. The maximum Gasteiger partial charge on any atom is 0.161 e. The zero-order chi connectivity index (χ0) is 14.5. The molecule has 0 atom stereocenters. The first-order valence-corrected chi connectivity index (χ1v) is 8.28. The summed E-state index contributed by atoms with van der Waals surface area (Å²) in [4.78, 5) is 4.22. The molecule has 0 amide bonds. The van der Waals surface area contributed by atoms with Crippen LogP contribution in [0.2, 0.25) is 0 Å². The number of rotatable bonds is 8. The molecule has 0 radical (unpaired) electrons. The normalized spacial score (nSPS) is 14.1. The van der Waals surface area contributed by atoms with Crippen molar-refractivity contribution in [2.45, 2.75) is 39.0 Å². The monoisotopic (exact) mass is 304 g/mol. The summed E-state index contributed by atoms with van der Waals surface area (Å²) < 4.78 is 11.5. The molecule has 2 aromatic rings. The van der Waals surface area contributed by atoms with Crippen molar-refractivity contribution in [1.29, 1.82) is 0 Å². The summed E-state index contributed by atoms with van der Waals surface area (Å²) in [6, 6.07) is 6.85. The van der Waals surface area contributed by atoms with E-state index in [1.54, 1.807) is 11.3 Å². The predicted octanol–water partition coefficient (Wildman–Crippen LogP) is 3.37. The molecule has 0 unspecified atom stereocenters. The number of nitrogens with one attached hydrogen (secondary N) is 1. The Morgan fingerprint density at radius 2 is 2.19 bits per heavy atom. The lowest BCUT2D eigenvalue weighted by atomic mass is 10.2. The van der Waals surface area contributed by atoms with E-state index in [1.165, 1.54) is 18.4 Å². The van der Waals surface area contributed by atoms with Crippen LogP contribution in [0.3, 0.4) is 0 Å². The van der Waals surface area contributed by atoms with Crippen LogP contribution < -0.4 is 14.8 Å². The fourth-order valence-corrected chi connectivity index (χ4v) is 2.60. The molecule has 4 nitrogen and oxygen atoms in total. The van der Waals surface area contributed by atoms with Gasteiger partial charge in [-0.1, -0.05) is 6.07 Å². The van der Waals surface area contributed by atoms with Crippen LogP contribution in [0, 0.1) is 0 Å². The van der Waals surface area contributed by atoms with Gasteiger partial charge in [0.05, 0.1) is 17.8 Å². The van der Waals surface area contributed by atoms with Crippen LogP contribution in [-0.2, 0) is 13.2 Å². The highest BCUT2D eigenvalue weighted by atomic mass is 32.1. The number of ether oxygens (including phenoxy) is 2. The molecule has 0 spiro atoms. The molecule has 112 valence electrons. The Bertz CT molecular complexity index is 568. The van der Waals surface area contributed by atoms with E-state index in [0.29, 0.717) is 19.3 Å². The van der Waals surface area contributed by atoms with Gasteiger partial charge in [0, 0.05) is 18.0 Å². The van der Waals surface area contributed by atoms with Crippen LogP contribution in [0.5, 0.6) is 11.5 Å². The number of hydrogen-bond acceptors (Lipinski definition) is 5. The third kappa shape index (κ3) is 4.19. The summed E-state index contributed by atoms with van der Waals surface area (Å²) >= 11 is 1.58. The Labute approximate surface area is 129 Å². The van der Waals surface area contributed by atoms with Gasteiger partial charge in [-0.25, -0.2) is 4.98 Å². The van der Waals surface area contributed by atoms with Crippen LogP contribution in [0.1, 0.15) is 31.0 Å². The molecule has 3 rings (SSSR count). The molecule has 1 N–H and O–H groups in total. The quantitative estimate of drug-likeness (QED) is 0.812. The molecule has 1 aromatic heterocycles. The second-order valence-electron chi connectivity index (χ2n) is 5.14. The van der Waals surface area contributed by atoms with E-state index in [-0.39, 0.29) is 0 Å². The van der Waals surface area contributed by atoms with Crippen LogP contribution in [0.4, 0.5) is 0 Å². The summed E-state index contributed by atoms with van der Waals surface area (Å²) in [5.41, 5.74) is 3.99. The zero-order valence-electron chi connectivity index (χ0n) is 12.2. The molecule has 1 aliphatic carbocycles. The lowest BCUT2D eigenvalue weighted by molar-refractivity contribution is 0.266. The summed E-state index contributed by atoms with van der Waals surface area (Å²) in [7, 11) is 0. The topological polar surface area (TPSA) is 43.4 Å². The van der Waals surface area contributed by atoms with Gasteiger partial charge in [0.15, 0.2) is 11.5 Å². The van der Waals surface area contributed by atoms with Gasteiger partial charge in [-0.05, 0) is 37.5 Å². The Kier molecular flexibility index (Phi) is 4.72. The summed E-state index contributed by atoms with van der Waals surface area (Å²) in [6.45, 7) is 3.98. The molecule has 0 aliphatic heterocycles. The molecule has 1 fully saturated rings. The average molecular weight is 304 g/mol. The minimum absolute atomic E-state index is 0.475. The van der Waals surface area contributed by atoms with Gasteiger partial charge in [0.25, 0.3) is 0 Å². The van der Waals surface area contributed by atoms with Crippen LogP contribution in [0.15, 0.2) is 29.1 Å². The van der Waals surface area contributed by atoms with Crippen LogP contribution in [-0.4, -0.2) is 17.6 Å². The number of benzene rings is 1. The molecule has 5 heteroatoms. The van der Waals surface area contributed by atoms with E-state index in [4.69, 9.17) is 9.47 Å². The predicted molar refractivity (Wildman–Crippen MR) is 83.9 cm³/mol. The van der Waals surface area contributed by atoms with E-state index in [2.05, 4.69) is 22.4 Å². The van der Waals surface area contributed by atoms with Gasteiger partial charge in [-0.3, -0.25) is 0 Å². The fraction of sp³-hybridized carbons (Fsp3) is 0.438. The van der Waals surface area contributed by atoms with Crippen molar-refractivity contribution in [2.75, 3.05) is 6.61 Å². The average Bonchev–Trinajstić information content (AvgIpc) is 3.18. The Hall–Kier alpha value is -1.59. The van der Waals surface area contributed by atoms with Crippen molar-refractivity contribution in [3.8, 4) is 11.5 Å². The summed E-state index contributed by atoms with van der Waals surface area (Å²) in [6.07, 6.45) is 2.60. The van der Waals surface area contributed by atoms with Gasteiger partial charge in [0.2, 0.25) is 0 Å². The van der Waals surface area contributed by atoms with E-state index >= 15 is 0 Å². The van der Waals surface area contributed by atoms with Crippen molar-refractivity contribution in [3.05, 3.63) is 40.3 Å². The van der Waals surface area contributed by atoms with Crippen molar-refractivity contribution < 1.29 is 9.47 Å². The second kappa shape index (κ2) is 6.91. The number of hydrogen-bond donors (Lipinski definition) is 1. The fourth-order valence-electron chi connectivity index (χ4n) is 2.06.